The van der Waals surface area contributed by atoms with Crippen molar-refractivity contribution >= 4 is 23.1 Å². The maximum absolute atomic E-state index is 13.2. The number of anilines is 3. The van der Waals surface area contributed by atoms with Gasteiger partial charge in [-0.2, -0.15) is 0 Å². The third-order valence-corrected chi connectivity index (χ3v) is 3.86. The van der Waals surface area contributed by atoms with E-state index in [4.69, 9.17) is 0 Å². The SMILES string of the molecule is Cc1ccc(Nc2cc(C(=O)Nc3ccc(F)c(F)c3)ncn2)cc1C. The van der Waals surface area contributed by atoms with Crippen molar-refractivity contribution in [1.29, 1.82) is 0 Å². The highest BCUT2D eigenvalue weighted by Crippen LogP contribution is 2.19. The van der Waals surface area contributed by atoms with Gasteiger partial charge in [0, 0.05) is 23.5 Å². The van der Waals surface area contributed by atoms with Crippen LogP contribution in [0.1, 0.15) is 21.6 Å². The van der Waals surface area contributed by atoms with Crippen LogP contribution in [0.5, 0.6) is 0 Å². The first-order chi connectivity index (χ1) is 12.4. The zero-order valence-electron chi connectivity index (χ0n) is 14.2. The van der Waals surface area contributed by atoms with Crippen LogP contribution in [0.4, 0.5) is 26.0 Å². The number of benzene rings is 2. The van der Waals surface area contributed by atoms with Gasteiger partial charge in [-0.05, 0) is 49.2 Å². The number of rotatable bonds is 4. The average Bonchev–Trinajstić information content (AvgIpc) is 2.61. The minimum atomic E-state index is -1.04. The Morgan fingerprint density at radius 3 is 2.38 bits per heavy atom. The van der Waals surface area contributed by atoms with Crippen molar-refractivity contribution in [3.05, 3.63) is 77.2 Å². The van der Waals surface area contributed by atoms with Gasteiger partial charge in [0.15, 0.2) is 11.6 Å². The number of hydrogen-bond donors (Lipinski definition) is 2. The lowest BCUT2D eigenvalue weighted by molar-refractivity contribution is 0.102. The Morgan fingerprint density at radius 1 is 0.885 bits per heavy atom. The Kier molecular flexibility index (Phi) is 4.88. The fourth-order valence-corrected chi connectivity index (χ4v) is 2.29. The molecular weight excluding hydrogens is 338 g/mol. The predicted octanol–water partition coefficient (Wildman–Crippen LogP) is 4.37. The summed E-state index contributed by atoms with van der Waals surface area (Å²) in [6, 6.07) is 10.5. The van der Waals surface area contributed by atoms with E-state index in [1.54, 1.807) is 0 Å². The summed E-state index contributed by atoms with van der Waals surface area (Å²) in [6.45, 7) is 4.02. The number of nitrogens with one attached hydrogen (secondary N) is 2. The highest BCUT2D eigenvalue weighted by molar-refractivity contribution is 6.03. The number of aryl methyl sites for hydroxylation is 2. The monoisotopic (exact) mass is 354 g/mol. The summed E-state index contributed by atoms with van der Waals surface area (Å²) < 4.78 is 26.2. The molecule has 0 atom stereocenters. The molecule has 0 aliphatic rings. The van der Waals surface area contributed by atoms with Crippen LogP contribution in [-0.2, 0) is 0 Å². The highest BCUT2D eigenvalue weighted by atomic mass is 19.2. The second-order valence-electron chi connectivity index (χ2n) is 5.80. The summed E-state index contributed by atoms with van der Waals surface area (Å²) in [5.41, 5.74) is 3.36. The van der Waals surface area contributed by atoms with E-state index in [1.165, 1.54) is 24.0 Å². The number of amides is 1. The van der Waals surface area contributed by atoms with Gasteiger partial charge < -0.3 is 10.6 Å². The second-order valence-corrected chi connectivity index (χ2v) is 5.80. The summed E-state index contributed by atoms with van der Waals surface area (Å²) in [5, 5.41) is 5.58. The molecular formula is C19H16F2N4O. The summed E-state index contributed by atoms with van der Waals surface area (Å²) in [6.07, 6.45) is 1.25. The van der Waals surface area contributed by atoms with E-state index in [9.17, 15) is 13.6 Å². The van der Waals surface area contributed by atoms with E-state index in [0.717, 1.165) is 23.4 Å². The highest BCUT2D eigenvalue weighted by Gasteiger charge is 2.11. The van der Waals surface area contributed by atoms with E-state index in [-0.39, 0.29) is 11.4 Å². The summed E-state index contributed by atoms with van der Waals surface area (Å²) in [7, 11) is 0. The molecule has 1 aromatic heterocycles. The van der Waals surface area contributed by atoms with Gasteiger partial charge in [-0.25, -0.2) is 18.7 Å². The topological polar surface area (TPSA) is 66.9 Å². The van der Waals surface area contributed by atoms with E-state index in [2.05, 4.69) is 20.6 Å². The van der Waals surface area contributed by atoms with E-state index >= 15 is 0 Å². The number of halogens is 2. The lowest BCUT2D eigenvalue weighted by Gasteiger charge is -2.09. The molecule has 0 saturated carbocycles. The second kappa shape index (κ2) is 7.26. The summed E-state index contributed by atoms with van der Waals surface area (Å²) in [4.78, 5) is 20.3. The van der Waals surface area contributed by atoms with Gasteiger partial charge >= 0.3 is 0 Å². The Morgan fingerprint density at radius 2 is 1.65 bits per heavy atom. The molecule has 26 heavy (non-hydrogen) atoms. The van der Waals surface area contributed by atoms with Crippen LogP contribution < -0.4 is 10.6 Å². The molecule has 0 bridgehead atoms. The first-order valence-corrected chi connectivity index (χ1v) is 7.85. The van der Waals surface area contributed by atoms with Crippen molar-refractivity contribution in [2.45, 2.75) is 13.8 Å². The largest absolute Gasteiger partial charge is 0.340 e. The normalized spacial score (nSPS) is 10.5. The van der Waals surface area contributed by atoms with Gasteiger partial charge in [0.05, 0.1) is 0 Å². The molecule has 2 N–H and O–H groups in total. The Bertz CT molecular complexity index is 976. The van der Waals surface area contributed by atoms with Gasteiger partial charge in [-0.3, -0.25) is 4.79 Å². The molecule has 3 rings (SSSR count). The molecule has 0 spiro atoms. The number of carbonyl (C=O) groups excluding carboxylic acids is 1. The molecule has 1 amide bonds. The summed E-state index contributed by atoms with van der Waals surface area (Å²) >= 11 is 0. The minimum Gasteiger partial charge on any atom is -0.340 e. The van der Waals surface area contributed by atoms with Crippen molar-refractivity contribution in [3.63, 3.8) is 0 Å². The van der Waals surface area contributed by atoms with Crippen molar-refractivity contribution in [2.75, 3.05) is 10.6 Å². The average molecular weight is 354 g/mol. The van der Waals surface area contributed by atoms with Crippen LogP contribution in [0.25, 0.3) is 0 Å². The molecule has 2 aromatic carbocycles. The van der Waals surface area contributed by atoms with Gasteiger partial charge in [0.1, 0.15) is 17.8 Å². The molecule has 1 heterocycles. The van der Waals surface area contributed by atoms with Crippen molar-refractivity contribution in [2.24, 2.45) is 0 Å². The zero-order chi connectivity index (χ0) is 18.7. The van der Waals surface area contributed by atoms with Gasteiger partial charge in [-0.15, -0.1) is 0 Å². The molecule has 0 aliphatic heterocycles. The number of hydrogen-bond acceptors (Lipinski definition) is 4. The third-order valence-electron chi connectivity index (χ3n) is 3.86. The molecule has 0 aliphatic carbocycles. The maximum Gasteiger partial charge on any atom is 0.274 e. The molecule has 5 nitrogen and oxygen atoms in total. The lowest BCUT2D eigenvalue weighted by atomic mass is 10.1. The fraction of sp³-hybridized carbons (Fsp3) is 0.105. The molecule has 0 saturated heterocycles. The quantitative estimate of drug-likeness (QED) is 0.730. The fourth-order valence-electron chi connectivity index (χ4n) is 2.29. The zero-order valence-corrected chi connectivity index (χ0v) is 14.2. The van der Waals surface area contributed by atoms with Gasteiger partial charge in [0.2, 0.25) is 0 Å². The standard InChI is InChI=1S/C19H16F2N4O/c1-11-3-4-13(7-12(11)2)24-18-9-17(22-10-23-18)19(26)25-14-5-6-15(20)16(21)8-14/h3-10H,1-2H3,(H,25,26)(H,22,23,24). The molecule has 0 radical (unpaired) electrons. The van der Waals surface area contributed by atoms with Crippen LogP contribution in [0.2, 0.25) is 0 Å². The molecule has 0 fully saturated rings. The van der Waals surface area contributed by atoms with E-state index in [1.807, 2.05) is 32.0 Å². The van der Waals surface area contributed by atoms with Crippen LogP contribution in [0.15, 0.2) is 48.8 Å². The first-order valence-electron chi connectivity index (χ1n) is 7.85. The van der Waals surface area contributed by atoms with Crippen LogP contribution in [-0.4, -0.2) is 15.9 Å². The van der Waals surface area contributed by atoms with Gasteiger partial charge in [0.25, 0.3) is 5.91 Å². The minimum absolute atomic E-state index is 0.0936. The van der Waals surface area contributed by atoms with Crippen LogP contribution in [0, 0.1) is 25.5 Å². The smallest absolute Gasteiger partial charge is 0.274 e. The van der Waals surface area contributed by atoms with Crippen molar-refractivity contribution in [1.82, 2.24) is 9.97 Å². The molecule has 0 unspecified atom stereocenters. The Labute approximate surface area is 149 Å². The number of carbonyl (C=O) groups is 1. The van der Waals surface area contributed by atoms with Crippen molar-refractivity contribution < 1.29 is 13.6 Å². The number of nitrogens with zero attached hydrogens (tertiary/aromatic N) is 2. The first kappa shape index (κ1) is 17.5. The number of aromatic nitrogens is 2. The molecule has 7 heteroatoms. The van der Waals surface area contributed by atoms with Crippen LogP contribution in [0.3, 0.4) is 0 Å². The van der Waals surface area contributed by atoms with Crippen molar-refractivity contribution in [3.8, 4) is 0 Å². The van der Waals surface area contributed by atoms with E-state index < -0.39 is 17.5 Å². The Hall–Kier alpha value is -3.35. The molecule has 3 aromatic rings. The van der Waals surface area contributed by atoms with Crippen LogP contribution >= 0.6 is 0 Å². The lowest BCUT2D eigenvalue weighted by Crippen LogP contribution is -2.14. The predicted molar refractivity (Wildman–Crippen MR) is 95.5 cm³/mol. The third kappa shape index (κ3) is 4.00. The van der Waals surface area contributed by atoms with E-state index in [0.29, 0.717) is 5.82 Å². The molecule has 132 valence electrons. The summed E-state index contributed by atoms with van der Waals surface area (Å²) in [5.74, 6) is -2.13. The Balaban J connectivity index is 1.76. The van der Waals surface area contributed by atoms with Gasteiger partial charge in [-0.1, -0.05) is 6.07 Å². The maximum atomic E-state index is 13.2.